The fourth-order valence-corrected chi connectivity index (χ4v) is 2.54. The number of carbonyl (C=O) groups is 1. The Morgan fingerprint density at radius 2 is 1.90 bits per heavy atom. The molecule has 0 atom stereocenters. The van der Waals surface area contributed by atoms with Crippen LogP contribution in [0, 0.1) is 13.8 Å². The predicted octanol–water partition coefficient (Wildman–Crippen LogP) is 1.77. The Kier molecular flexibility index (Phi) is 3.53. The van der Waals surface area contributed by atoms with Gasteiger partial charge in [0.25, 0.3) is 5.91 Å². The molecule has 0 unspecified atom stereocenters. The summed E-state index contributed by atoms with van der Waals surface area (Å²) in [7, 11) is -0.906. The first-order valence-corrected chi connectivity index (χ1v) is 6.86. The molecule has 3 rings (SSSR count). The van der Waals surface area contributed by atoms with Crippen LogP contribution in [0.25, 0.3) is 0 Å². The van der Waals surface area contributed by atoms with Crippen LogP contribution in [0.4, 0.5) is 5.69 Å². The largest absolute Gasteiger partial charge is 0.492 e. The van der Waals surface area contributed by atoms with Crippen LogP contribution in [-0.4, -0.2) is 18.0 Å². The van der Waals surface area contributed by atoms with Crippen molar-refractivity contribution in [3.8, 4) is 0 Å². The summed E-state index contributed by atoms with van der Waals surface area (Å²) >= 11 is 0. The van der Waals surface area contributed by atoms with E-state index in [9.17, 15) is 9.82 Å². The molecule has 2 aromatic carbocycles. The maximum atomic E-state index is 12.3. The molecule has 0 fully saturated rings. The van der Waals surface area contributed by atoms with Crippen molar-refractivity contribution in [1.29, 1.82) is 0 Å². The average Bonchev–Trinajstić information content (AvgIpc) is 2.85. The summed E-state index contributed by atoms with van der Waals surface area (Å²) in [4.78, 5) is 12.3. The van der Waals surface area contributed by atoms with Gasteiger partial charge in [0, 0.05) is 11.3 Å². The minimum absolute atomic E-state index is 0.161. The van der Waals surface area contributed by atoms with Crippen LogP contribution >= 0.6 is 0 Å². The molecule has 0 saturated heterocycles. The van der Waals surface area contributed by atoms with Gasteiger partial charge in [-0.2, -0.15) is 0 Å². The molecule has 0 aliphatic carbocycles. The highest BCUT2D eigenvalue weighted by Crippen LogP contribution is 2.20. The third-order valence-corrected chi connectivity index (χ3v) is 3.81. The van der Waals surface area contributed by atoms with Gasteiger partial charge < -0.3 is 15.0 Å². The Bertz CT molecular complexity index is 697. The van der Waals surface area contributed by atoms with E-state index in [0.29, 0.717) is 17.9 Å². The molecule has 4 nitrogen and oxygen atoms in total. The number of benzene rings is 2. The van der Waals surface area contributed by atoms with Crippen LogP contribution in [0.5, 0.6) is 0 Å². The molecule has 0 spiro atoms. The summed E-state index contributed by atoms with van der Waals surface area (Å²) in [6, 6.07) is 11.1. The van der Waals surface area contributed by atoms with Crippen LogP contribution in [-0.2, 0) is 11.3 Å². The summed E-state index contributed by atoms with van der Waals surface area (Å²) in [5.41, 5.74) is 4.99. The number of anilines is 1. The van der Waals surface area contributed by atoms with Gasteiger partial charge in [-0.3, -0.25) is 4.79 Å². The van der Waals surface area contributed by atoms with Crippen LogP contribution in [0.2, 0.25) is 0 Å². The van der Waals surface area contributed by atoms with E-state index in [1.807, 2.05) is 38.1 Å². The lowest BCUT2D eigenvalue weighted by atomic mass is 9.76. The minimum atomic E-state index is -0.906. The number of amides is 1. The zero-order valence-electron chi connectivity index (χ0n) is 12.0. The number of fused-ring (bicyclic) bond motifs is 1. The van der Waals surface area contributed by atoms with Gasteiger partial charge in [0.2, 0.25) is 0 Å². The first-order valence-electron chi connectivity index (χ1n) is 6.86. The van der Waals surface area contributed by atoms with Crippen LogP contribution in [0.1, 0.15) is 27.0 Å². The SMILES string of the molecule is Cc1ccc(C(=O)Nc2ccc3c(c2C)B(O)OC3)cc1. The smallest absolute Gasteiger partial charge is 0.423 e. The van der Waals surface area contributed by atoms with E-state index >= 15 is 0 Å². The number of carbonyl (C=O) groups excluding carboxylic acids is 1. The third-order valence-electron chi connectivity index (χ3n) is 3.81. The van der Waals surface area contributed by atoms with E-state index in [0.717, 1.165) is 22.2 Å². The van der Waals surface area contributed by atoms with Crippen molar-refractivity contribution in [2.45, 2.75) is 20.5 Å². The van der Waals surface area contributed by atoms with Gasteiger partial charge >= 0.3 is 7.12 Å². The molecule has 0 aromatic heterocycles. The molecule has 106 valence electrons. The summed E-state index contributed by atoms with van der Waals surface area (Å²) < 4.78 is 5.20. The zero-order valence-corrected chi connectivity index (χ0v) is 12.0. The molecule has 1 amide bonds. The van der Waals surface area contributed by atoms with Crippen molar-refractivity contribution in [3.63, 3.8) is 0 Å². The maximum Gasteiger partial charge on any atom is 0.492 e. The predicted molar refractivity (Wildman–Crippen MR) is 82.7 cm³/mol. The van der Waals surface area contributed by atoms with Gasteiger partial charge in [-0.15, -0.1) is 0 Å². The normalized spacial score (nSPS) is 13.2. The lowest BCUT2D eigenvalue weighted by molar-refractivity contribution is 0.102. The first-order chi connectivity index (χ1) is 10.1. The van der Waals surface area contributed by atoms with E-state index in [1.165, 1.54) is 0 Å². The van der Waals surface area contributed by atoms with Gasteiger partial charge in [-0.05, 0) is 48.6 Å². The van der Waals surface area contributed by atoms with E-state index in [-0.39, 0.29) is 5.91 Å². The second kappa shape index (κ2) is 5.35. The highest BCUT2D eigenvalue weighted by atomic mass is 16.5. The van der Waals surface area contributed by atoms with Crippen molar-refractivity contribution in [2.75, 3.05) is 5.32 Å². The summed E-state index contributed by atoms with van der Waals surface area (Å²) in [5.74, 6) is -0.161. The summed E-state index contributed by atoms with van der Waals surface area (Å²) in [6.07, 6.45) is 0. The highest BCUT2D eigenvalue weighted by Gasteiger charge is 2.30. The standard InChI is InChI=1S/C16H16BNO3/c1-10-3-5-12(6-4-10)16(19)18-14-8-7-13-9-21-17(20)15(13)11(14)2/h3-8,20H,9H2,1-2H3,(H,18,19). The van der Waals surface area contributed by atoms with Gasteiger partial charge in [-0.25, -0.2) is 0 Å². The molecule has 0 radical (unpaired) electrons. The van der Waals surface area contributed by atoms with Gasteiger partial charge in [0.15, 0.2) is 0 Å². The van der Waals surface area contributed by atoms with Crippen LogP contribution < -0.4 is 10.8 Å². The number of hydrogen-bond acceptors (Lipinski definition) is 3. The lowest BCUT2D eigenvalue weighted by Gasteiger charge is -2.12. The minimum Gasteiger partial charge on any atom is -0.423 e. The van der Waals surface area contributed by atoms with Crippen molar-refractivity contribution in [2.24, 2.45) is 0 Å². The third kappa shape index (κ3) is 2.58. The second-order valence-electron chi connectivity index (χ2n) is 5.29. The Balaban J connectivity index is 1.87. The number of nitrogens with one attached hydrogen (secondary N) is 1. The van der Waals surface area contributed by atoms with Crippen LogP contribution in [0.3, 0.4) is 0 Å². The number of rotatable bonds is 2. The molecule has 5 heteroatoms. The molecule has 0 bridgehead atoms. The Hall–Kier alpha value is -2.11. The van der Waals surface area contributed by atoms with E-state index < -0.39 is 7.12 Å². The average molecular weight is 281 g/mol. The first kappa shape index (κ1) is 13.9. The molecule has 1 heterocycles. The van der Waals surface area contributed by atoms with Crippen molar-refractivity contribution in [1.82, 2.24) is 0 Å². The Labute approximate surface area is 123 Å². The summed E-state index contributed by atoms with van der Waals surface area (Å²) in [5, 5.41) is 12.7. The topological polar surface area (TPSA) is 58.6 Å². The molecule has 1 aliphatic rings. The molecule has 2 N–H and O–H groups in total. The number of aryl methyl sites for hydroxylation is 1. The van der Waals surface area contributed by atoms with Crippen molar-refractivity contribution < 1.29 is 14.5 Å². The summed E-state index contributed by atoms with van der Waals surface area (Å²) in [6.45, 7) is 4.26. The second-order valence-corrected chi connectivity index (χ2v) is 5.29. The van der Waals surface area contributed by atoms with Gasteiger partial charge in [0.05, 0.1) is 6.61 Å². The molecule has 2 aromatic rings. The monoisotopic (exact) mass is 281 g/mol. The van der Waals surface area contributed by atoms with Crippen molar-refractivity contribution >= 4 is 24.2 Å². The molecular weight excluding hydrogens is 265 g/mol. The van der Waals surface area contributed by atoms with Crippen molar-refractivity contribution in [3.05, 3.63) is 58.7 Å². The number of hydrogen-bond donors (Lipinski definition) is 2. The zero-order chi connectivity index (χ0) is 15.0. The maximum absolute atomic E-state index is 12.3. The molecule has 21 heavy (non-hydrogen) atoms. The Morgan fingerprint density at radius 1 is 1.19 bits per heavy atom. The van der Waals surface area contributed by atoms with E-state index in [4.69, 9.17) is 4.65 Å². The fourth-order valence-electron chi connectivity index (χ4n) is 2.54. The molecule has 1 aliphatic heterocycles. The fraction of sp³-hybridized carbons (Fsp3) is 0.188. The highest BCUT2D eigenvalue weighted by molar-refractivity contribution is 6.62. The van der Waals surface area contributed by atoms with Gasteiger partial charge in [-0.1, -0.05) is 23.8 Å². The van der Waals surface area contributed by atoms with Gasteiger partial charge in [0.1, 0.15) is 0 Å². The van der Waals surface area contributed by atoms with E-state index in [1.54, 1.807) is 12.1 Å². The molecule has 0 saturated carbocycles. The van der Waals surface area contributed by atoms with Crippen LogP contribution in [0.15, 0.2) is 36.4 Å². The van der Waals surface area contributed by atoms with E-state index in [2.05, 4.69) is 5.32 Å². The quantitative estimate of drug-likeness (QED) is 0.825. The Morgan fingerprint density at radius 3 is 2.62 bits per heavy atom. The lowest BCUT2D eigenvalue weighted by Crippen LogP contribution is -2.31. The molecular formula is C16H16BNO3.